The summed E-state index contributed by atoms with van der Waals surface area (Å²) < 4.78 is 0. The number of aromatic nitrogens is 2. The Kier molecular flexibility index (Phi) is 13.3. The monoisotopic (exact) mass is 870 g/mol. The first-order valence-corrected chi connectivity index (χ1v) is 22.2. The molecule has 2 aromatic heterocycles. The number of rotatable bonds is 10. The van der Waals surface area contributed by atoms with Crippen LogP contribution in [0.25, 0.3) is 0 Å². The summed E-state index contributed by atoms with van der Waals surface area (Å²) in [7, 11) is 0. The summed E-state index contributed by atoms with van der Waals surface area (Å²) in [6, 6.07) is 17.3. The molecule has 2 aromatic carbocycles. The van der Waals surface area contributed by atoms with Gasteiger partial charge < -0.3 is 30.2 Å². The van der Waals surface area contributed by atoms with Crippen LogP contribution in [0, 0.1) is 13.8 Å². The molecule has 4 fully saturated rings. The molecular formula is C48H58N10O6. The third-order valence-electron chi connectivity index (χ3n) is 13.0. The van der Waals surface area contributed by atoms with Gasteiger partial charge in [-0.2, -0.15) is 0 Å². The number of piperazine rings is 2. The number of hydrogen-bond donors (Lipinski definition) is 4. The summed E-state index contributed by atoms with van der Waals surface area (Å²) in [4.78, 5) is 91.5. The average Bonchev–Trinajstić information content (AvgIpc) is 3.80. The standard InChI is InChI=1S/2C24H29N5O3/c2*1-4-17-14-16(3)20(25-15-17)28-10-12-29(13-11-28)21(30)18-6-8-19(9-7-18)24(5-2)22(31)26-23(32)27-24/h2*6-9,14-15H,4-5,10-13H2,1-3H3,(H2,26,27,31,32)/t2*24-/m10/s1. The highest BCUT2D eigenvalue weighted by Crippen LogP contribution is 2.31. The van der Waals surface area contributed by atoms with Crippen molar-refractivity contribution < 1.29 is 28.8 Å². The smallest absolute Gasteiger partial charge is 0.322 e. The first kappa shape index (κ1) is 45.2. The summed E-state index contributed by atoms with van der Waals surface area (Å²) in [5.41, 5.74) is 5.08. The number of aryl methyl sites for hydroxylation is 4. The van der Waals surface area contributed by atoms with E-state index in [1.165, 1.54) is 11.1 Å². The van der Waals surface area contributed by atoms with Crippen LogP contribution in [0.4, 0.5) is 21.2 Å². The van der Waals surface area contributed by atoms with Crippen molar-refractivity contribution in [3.05, 3.63) is 118 Å². The molecule has 16 heteroatoms. The second-order valence-electron chi connectivity index (χ2n) is 16.7. The Morgan fingerprint density at radius 1 is 0.547 bits per heavy atom. The van der Waals surface area contributed by atoms with E-state index in [0.29, 0.717) is 61.3 Å². The van der Waals surface area contributed by atoms with Gasteiger partial charge in [-0.05, 0) is 97.2 Å². The minimum atomic E-state index is -1.08. The second kappa shape index (κ2) is 18.9. The molecule has 4 aliphatic heterocycles. The maximum absolute atomic E-state index is 13.0. The van der Waals surface area contributed by atoms with Crippen molar-refractivity contribution in [1.82, 2.24) is 41.0 Å². The lowest BCUT2D eigenvalue weighted by atomic mass is 9.87. The molecule has 4 aliphatic rings. The van der Waals surface area contributed by atoms with Crippen molar-refractivity contribution in [2.45, 2.75) is 78.3 Å². The van der Waals surface area contributed by atoms with Crippen LogP contribution in [-0.4, -0.2) is 108 Å². The van der Waals surface area contributed by atoms with Crippen LogP contribution in [0.1, 0.15) is 94.6 Å². The lowest BCUT2D eigenvalue weighted by Gasteiger charge is -2.36. The Morgan fingerprint density at radius 2 is 0.891 bits per heavy atom. The Hall–Kier alpha value is -6.84. The predicted molar refractivity (Wildman–Crippen MR) is 243 cm³/mol. The van der Waals surface area contributed by atoms with Crippen molar-refractivity contribution >= 4 is 47.3 Å². The molecular weight excluding hydrogens is 813 g/mol. The number of urea groups is 2. The highest BCUT2D eigenvalue weighted by molar-refractivity contribution is 6.08. The number of imide groups is 2. The van der Waals surface area contributed by atoms with Gasteiger partial charge in [-0.25, -0.2) is 19.6 Å². The third kappa shape index (κ3) is 8.86. The van der Waals surface area contributed by atoms with Crippen LogP contribution < -0.4 is 31.1 Å². The van der Waals surface area contributed by atoms with E-state index >= 15 is 0 Å². The number of carbonyl (C=O) groups excluding carboxylic acids is 6. The second-order valence-corrected chi connectivity index (χ2v) is 16.7. The van der Waals surface area contributed by atoms with Crippen LogP contribution in [0.2, 0.25) is 0 Å². The van der Waals surface area contributed by atoms with Crippen LogP contribution in [0.15, 0.2) is 73.1 Å². The molecule has 8 amide bonds. The average molecular weight is 871 g/mol. The maximum atomic E-state index is 13.0. The fourth-order valence-electron chi connectivity index (χ4n) is 9.00. The van der Waals surface area contributed by atoms with E-state index in [1.807, 2.05) is 36.0 Å². The van der Waals surface area contributed by atoms with E-state index in [2.05, 4.69) is 80.9 Å². The first-order valence-electron chi connectivity index (χ1n) is 22.2. The first-order chi connectivity index (χ1) is 30.7. The highest BCUT2D eigenvalue weighted by atomic mass is 16.2. The molecule has 0 unspecified atom stereocenters. The van der Waals surface area contributed by atoms with Gasteiger partial charge in [0.05, 0.1) is 0 Å². The van der Waals surface area contributed by atoms with Crippen molar-refractivity contribution in [1.29, 1.82) is 0 Å². The van der Waals surface area contributed by atoms with Gasteiger partial charge in [0, 0.05) is 75.9 Å². The summed E-state index contributed by atoms with van der Waals surface area (Å²) in [6.07, 6.45) is 6.63. The van der Waals surface area contributed by atoms with Crippen molar-refractivity contribution in [3.63, 3.8) is 0 Å². The maximum Gasteiger partial charge on any atom is 0.322 e. The van der Waals surface area contributed by atoms with Crippen LogP contribution in [-0.2, 0) is 33.5 Å². The Labute approximate surface area is 374 Å². The lowest BCUT2D eigenvalue weighted by molar-refractivity contribution is -0.125. The molecule has 64 heavy (non-hydrogen) atoms. The molecule has 4 saturated heterocycles. The highest BCUT2D eigenvalue weighted by Gasteiger charge is 2.47. The predicted octanol–water partition coefficient (Wildman–Crippen LogP) is 4.72. The molecule has 0 bridgehead atoms. The minimum absolute atomic E-state index is 0.0346. The number of pyridine rings is 2. The molecule has 4 aromatic rings. The van der Waals surface area contributed by atoms with Crippen molar-refractivity contribution in [2.24, 2.45) is 0 Å². The molecule has 8 rings (SSSR count). The van der Waals surface area contributed by atoms with Gasteiger partial charge in [-0.15, -0.1) is 0 Å². The molecule has 336 valence electrons. The summed E-state index contributed by atoms with van der Waals surface area (Å²) in [6.45, 7) is 17.5. The third-order valence-corrected chi connectivity index (χ3v) is 13.0. The summed E-state index contributed by atoms with van der Waals surface area (Å²) in [5.74, 6) is 1.17. The van der Waals surface area contributed by atoms with Crippen molar-refractivity contribution in [3.8, 4) is 0 Å². The SMILES string of the molecule is CCc1cnc(N2CCN(C(=O)c3ccc([C@@]4(CC)NC(=O)NC4=O)cc3)CC2)c(C)c1.CCc1cnc(N2CCN(C(=O)c3ccc([C@]4(CC)NC(=O)NC4=O)cc3)CC2)c(C)c1. The van der Waals surface area contributed by atoms with Gasteiger partial charge in [-0.3, -0.25) is 29.8 Å². The summed E-state index contributed by atoms with van der Waals surface area (Å²) >= 11 is 0. The molecule has 6 heterocycles. The van der Waals surface area contributed by atoms with E-state index in [0.717, 1.165) is 61.8 Å². The van der Waals surface area contributed by atoms with Gasteiger partial charge >= 0.3 is 12.1 Å². The fourth-order valence-corrected chi connectivity index (χ4v) is 9.00. The molecule has 16 nitrogen and oxygen atoms in total. The largest absolute Gasteiger partial charge is 0.353 e. The van der Waals surface area contributed by atoms with E-state index in [1.54, 1.807) is 48.5 Å². The van der Waals surface area contributed by atoms with Crippen LogP contribution in [0.5, 0.6) is 0 Å². The number of carbonyl (C=O) groups is 6. The van der Waals surface area contributed by atoms with Crippen molar-refractivity contribution in [2.75, 3.05) is 62.2 Å². The number of nitrogens with one attached hydrogen (secondary N) is 4. The van der Waals surface area contributed by atoms with Crippen LogP contribution in [0.3, 0.4) is 0 Å². The molecule has 0 spiro atoms. The zero-order valence-corrected chi connectivity index (χ0v) is 37.5. The summed E-state index contributed by atoms with van der Waals surface area (Å²) in [5, 5.41) is 10.0. The van der Waals surface area contributed by atoms with E-state index in [-0.39, 0.29) is 23.6 Å². The van der Waals surface area contributed by atoms with Gasteiger partial charge in [-0.1, -0.05) is 64.1 Å². The van der Waals surface area contributed by atoms with Gasteiger partial charge in [0.25, 0.3) is 23.6 Å². The van der Waals surface area contributed by atoms with Gasteiger partial charge in [0.1, 0.15) is 22.7 Å². The van der Waals surface area contributed by atoms with E-state index in [9.17, 15) is 28.8 Å². The van der Waals surface area contributed by atoms with Gasteiger partial charge in [0.2, 0.25) is 0 Å². The quantitative estimate of drug-likeness (QED) is 0.163. The number of amides is 8. The van der Waals surface area contributed by atoms with Crippen LogP contribution >= 0.6 is 0 Å². The number of benzene rings is 2. The fraction of sp³-hybridized carbons (Fsp3) is 0.417. The number of nitrogens with zero attached hydrogens (tertiary/aromatic N) is 6. The lowest BCUT2D eigenvalue weighted by Crippen LogP contribution is -2.49. The molecule has 4 N–H and O–H groups in total. The number of anilines is 2. The molecule has 0 saturated carbocycles. The zero-order valence-electron chi connectivity index (χ0n) is 37.5. The number of hydrogen-bond acceptors (Lipinski definition) is 10. The topological polar surface area (TPSA) is 189 Å². The Morgan fingerprint density at radius 3 is 1.16 bits per heavy atom. The molecule has 0 aliphatic carbocycles. The van der Waals surface area contributed by atoms with E-state index in [4.69, 9.17) is 0 Å². The Balaban J connectivity index is 0.000000191. The van der Waals surface area contributed by atoms with E-state index < -0.39 is 23.1 Å². The zero-order chi connectivity index (χ0) is 45.8. The molecule has 0 radical (unpaired) electrons. The normalized spacial score (nSPS) is 20.8. The minimum Gasteiger partial charge on any atom is -0.353 e. The van der Waals surface area contributed by atoms with Gasteiger partial charge in [0.15, 0.2) is 0 Å². The molecule has 2 atom stereocenters. The Bertz CT molecular complexity index is 2260.